The Morgan fingerprint density at radius 1 is 1.26 bits per heavy atom. The average Bonchev–Trinajstić information content (AvgIpc) is 2.55. The van der Waals surface area contributed by atoms with E-state index in [1.54, 1.807) is 24.3 Å². The zero-order valence-corrected chi connectivity index (χ0v) is 14.6. The topological polar surface area (TPSA) is 63.7 Å². The number of piperidine rings is 1. The van der Waals surface area contributed by atoms with Crippen LogP contribution in [0.3, 0.4) is 0 Å². The largest absolute Gasteiger partial charge is 0.464 e. The minimum Gasteiger partial charge on any atom is -0.464 e. The molecule has 1 unspecified atom stereocenters. The molecule has 5 nitrogen and oxygen atoms in total. The third kappa shape index (κ3) is 4.32. The molecule has 1 fully saturated rings. The Morgan fingerprint density at radius 2 is 1.96 bits per heavy atom. The molecular weight excluding hydrogens is 314 g/mol. The van der Waals surface area contributed by atoms with Gasteiger partial charge in [-0.15, -0.1) is 0 Å². The molecule has 0 saturated carbocycles. The van der Waals surface area contributed by atoms with Crippen molar-refractivity contribution >= 4 is 16.0 Å². The van der Waals surface area contributed by atoms with Crippen LogP contribution in [-0.2, 0) is 19.6 Å². The Hall–Kier alpha value is -1.40. The van der Waals surface area contributed by atoms with Crippen molar-refractivity contribution in [2.75, 3.05) is 13.2 Å². The van der Waals surface area contributed by atoms with Crippen LogP contribution in [0, 0.1) is 6.92 Å². The number of esters is 1. The summed E-state index contributed by atoms with van der Waals surface area (Å²) in [7, 11) is -3.67. The van der Waals surface area contributed by atoms with Crippen molar-refractivity contribution in [3.63, 3.8) is 0 Å². The average molecular weight is 339 g/mol. The van der Waals surface area contributed by atoms with Gasteiger partial charge in [0.2, 0.25) is 10.0 Å². The lowest BCUT2D eigenvalue weighted by atomic mass is 10.1. The molecule has 1 saturated heterocycles. The Kier molecular flexibility index (Phi) is 6.18. The highest BCUT2D eigenvalue weighted by Gasteiger charge is 2.38. The van der Waals surface area contributed by atoms with Crippen molar-refractivity contribution in [3.05, 3.63) is 29.8 Å². The summed E-state index contributed by atoms with van der Waals surface area (Å²) < 4.78 is 32.3. The van der Waals surface area contributed by atoms with Crippen LogP contribution in [0.5, 0.6) is 0 Å². The number of rotatable bonds is 6. The molecule has 0 N–H and O–H groups in total. The van der Waals surface area contributed by atoms with E-state index in [-0.39, 0.29) is 4.90 Å². The van der Waals surface area contributed by atoms with E-state index in [4.69, 9.17) is 4.74 Å². The van der Waals surface area contributed by atoms with E-state index in [0.717, 1.165) is 31.2 Å². The number of hydrogen-bond acceptors (Lipinski definition) is 4. The van der Waals surface area contributed by atoms with Crippen molar-refractivity contribution in [2.24, 2.45) is 0 Å². The predicted molar refractivity (Wildman–Crippen MR) is 88.6 cm³/mol. The summed E-state index contributed by atoms with van der Waals surface area (Å²) in [5, 5.41) is 0. The molecule has 0 bridgehead atoms. The monoisotopic (exact) mass is 339 g/mol. The van der Waals surface area contributed by atoms with Gasteiger partial charge < -0.3 is 4.74 Å². The van der Waals surface area contributed by atoms with Crippen LogP contribution in [0.15, 0.2) is 29.2 Å². The van der Waals surface area contributed by atoms with Gasteiger partial charge in [0, 0.05) is 6.54 Å². The van der Waals surface area contributed by atoms with Gasteiger partial charge in [-0.05, 0) is 44.7 Å². The maximum absolute atomic E-state index is 12.9. The quantitative estimate of drug-likeness (QED) is 0.590. The first kappa shape index (κ1) is 17.9. The second-order valence-corrected chi connectivity index (χ2v) is 7.85. The molecule has 6 heteroatoms. The Bertz CT molecular complexity index is 624. The van der Waals surface area contributed by atoms with Gasteiger partial charge in [-0.2, -0.15) is 4.31 Å². The number of unbranched alkanes of at least 4 members (excludes halogenated alkanes) is 1. The number of aryl methyl sites for hydroxylation is 1. The molecule has 0 aromatic heterocycles. The van der Waals surface area contributed by atoms with E-state index in [9.17, 15) is 13.2 Å². The van der Waals surface area contributed by atoms with Crippen LogP contribution in [0.1, 0.15) is 44.6 Å². The van der Waals surface area contributed by atoms with Gasteiger partial charge in [0.15, 0.2) is 0 Å². The molecular formula is C17H25NO4S. The number of nitrogens with zero attached hydrogens (tertiary/aromatic N) is 1. The molecule has 23 heavy (non-hydrogen) atoms. The van der Waals surface area contributed by atoms with Gasteiger partial charge in [-0.25, -0.2) is 8.42 Å². The maximum Gasteiger partial charge on any atom is 0.324 e. The van der Waals surface area contributed by atoms with Crippen molar-refractivity contribution < 1.29 is 17.9 Å². The number of carbonyl (C=O) groups is 1. The van der Waals surface area contributed by atoms with E-state index < -0.39 is 22.0 Å². The first-order valence-corrected chi connectivity index (χ1v) is 9.66. The number of hydrogen-bond donors (Lipinski definition) is 0. The molecule has 1 aliphatic heterocycles. The van der Waals surface area contributed by atoms with Crippen molar-refractivity contribution in [1.29, 1.82) is 0 Å². The molecule has 2 rings (SSSR count). The summed E-state index contributed by atoms with van der Waals surface area (Å²) in [6, 6.07) is 6.03. The Labute approximate surface area is 138 Å². The molecule has 0 aliphatic carbocycles. The van der Waals surface area contributed by atoms with Gasteiger partial charge in [-0.3, -0.25) is 4.79 Å². The van der Waals surface area contributed by atoms with Gasteiger partial charge >= 0.3 is 5.97 Å². The second-order valence-electron chi connectivity index (χ2n) is 5.96. The number of ether oxygens (including phenoxy) is 1. The Balaban J connectivity index is 2.19. The highest BCUT2D eigenvalue weighted by molar-refractivity contribution is 7.89. The summed E-state index contributed by atoms with van der Waals surface area (Å²) in [4.78, 5) is 12.5. The highest BCUT2D eigenvalue weighted by Crippen LogP contribution is 2.26. The zero-order chi connectivity index (χ0) is 16.9. The first-order valence-electron chi connectivity index (χ1n) is 8.22. The van der Waals surface area contributed by atoms with Crippen molar-refractivity contribution in [2.45, 2.75) is 56.9 Å². The second kappa shape index (κ2) is 7.93. The van der Waals surface area contributed by atoms with E-state index in [2.05, 4.69) is 0 Å². The fourth-order valence-corrected chi connectivity index (χ4v) is 4.33. The summed E-state index contributed by atoms with van der Waals surface area (Å²) in [5.41, 5.74) is 0.998. The van der Waals surface area contributed by atoms with Crippen LogP contribution >= 0.6 is 0 Å². The molecule has 128 valence electrons. The summed E-state index contributed by atoms with van der Waals surface area (Å²) in [5.74, 6) is -0.422. The highest BCUT2D eigenvalue weighted by atomic mass is 32.2. The molecule has 0 spiro atoms. The van der Waals surface area contributed by atoms with Gasteiger partial charge in [0.1, 0.15) is 6.04 Å². The summed E-state index contributed by atoms with van der Waals surface area (Å²) in [6.07, 6.45) is 3.86. The standard InChI is InChI=1S/C17H25NO4S/c1-3-4-13-22-17(19)16-7-5-6-12-18(16)23(20,21)15-10-8-14(2)9-11-15/h8-11,16H,3-7,12-13H2,1-2H3. The number of benzene rings is 1. The Morgan fingerprint density at radius 3 is 2.61 bits per heavy atom. The zero-order valence-electron chi connectivity index (χ0n) is 13.8. The molecule has 1 aromatic rings. The third-order valence-electron chi connectivity index (χ3n) is 4.10. The fraction of sp³-hybridized carbons (Fsp3) is 0.588. The first-order chi connectivity index (χ1) is 11.0. The van der Waals surface area contributed by atoms with Crippen molar-refractivity contribution in [3.8, 4) is 0 Å². The van der Waals surface area contributed by atoms with E-state index >= 15 is 0 Å². The molecule has 0 radical (unpaired) electrons. The normalized spacial score (nSPS) is 19.5. The van der Waals surface area contributed by atoms with Crippen LogP contribution < -0.4 is 0 Å². The predicted octanol–water partition coefficient (Wildman–Crippen LogP) is 2.88. The minimum absolute atomic E-state index is 0.233. The van der Waals surface area contributed by atoms with Gasteiger partial charge in [-0.1, -0.05) is 31.0 Å². The molecule has 1 heterocycles. The molecule has 0 amide bonds. The lowest BCUT2D eigenvalue weighted by Crippen LogP contribution is -2.48. The van der Waals surface area contributed by atoms with E-state index in [1.807, 2.05) is 13.8 Å². The van der Waals surface area contributed by atoms with E-state index in [0.29, 0.717) is 19.6 Å². The van der Waals surface area contributed by atoms with Crippen molar-refractivity contribution in [1.82, 2.24) is 4.31 Å². The van der Waals surface area contributed by atoms with Gasteiger partial charge in [0.05, 0.1) is 11.5 Å². The third-order valence-corrected chi connectivity index (χ3v) is 6.02. The smallest absolute Gasteiger partial charge is 0.324 e. The molecule has 1 aromatic carbocycles. The number of sulfonamides is 1. The van der Waals surface area contributed by atoms with E-state index in [1.165, 1.54) is 4.31 Å². The molecule has 1 atom stereocenters. The number of carbonyl (C=O) groups excluding carboxylic acids is 1. The van der Waals surface area contributed by atoms with Crippen LogP contribution in [0.4, 0.5) is 0 Å². The fourth-order valence-electron chi connectivity index (χ4n) is 2.69. The van der Waals surface area contributed by atoms with Crippen LogP contribution in [0.25, 0.3) is 0 Å². The van der Waals surface area contributed by atoms with Crippen LogP contribution in [0.2, 0.25) is 0 Å². The summed E-state index contributed by atoms with van der Waals surface area (Å²) in [6.45, 7) is 4.64. The van der Waals surface area contributed by atoms with Gasteiger partial charge in [0.25, 0.3) is 0 Å². The lowest BCUT2D eigenvalue weighted by Gasteiger charge is -2.33. The SMILES string of the molecule is CCCCOC(=O)C1CCCCN1S(=O)(=O)c1ccc(C)cc1. The minimum atomic E-state index is -3.67. The van der Waals surface area contributed by atoms with Crippen LogP contribution in [-0.4, -0.2) is 37.9 Å². The maximum atomic E-state index is 12.9. The lowest BCUT2D eigenvalue weighted by molar-refractivity contribution is -0.149. The molecule has 1 aliphatic rings. The summed E-state index contributed by atoms with van der Waals surface area (Å²) >= 11 is 0.